The molecule has 0 aliphatic carbocycles. The molecule has 1 aliphatic rings. The van der Waals surface area contributed by atoms with Crippen LogP contribution in [0.1, 0.15) is 32.1 Å². The molecule has 126 valence electrons. The molecule has 23 heavy (non-hydrogen) atoms. The summed E-state index contributed by atoms with van der Waals surface area (Å²) in [5.74, 6) is 1.28. The van der Waals surface area contributed by atoms with Gasteiger partial charge in [0.25, 0.3) is 0 Å². The summed E-state index contributed by atoms with van der Waals surface area (Å²) in [6, 6.07) is 5.90. The maximum absolute atomic E-state index is 12.2. The average molecular weight is 318 g/mol. The van der Waals surface area contributed by atoms with Crippen molar-refractivity contribution in [1.82, 2.24) is 15.2 Å². The van der Waals surface area contributed by atoms with Crippen LogP contribution in [0.2, 0.25) is 0 Å². The zero-order chi connectivity index (χ0) is 16.5. The van der Waals surface area contributed by atoms with E-state index in [0.717, 1.165) is 51.3 Å². The molecule has 6 nitrogen and oxygen atoms in total. The van der Waals surface area contributed by atoms with Gasteiger partial charge in [0, 0.05) is 52.3 Å². The van der Waals surface area contributed by atoms with Crippen LogP contribution < -0.4 is 10.2 Å². The largest absolute Gasteiger partial charge is 0.359 e. The molecule has 6 heteroatoms. The Kier molecular flexibility index (Phi) is 6.84. The molecule has 1 aromatic heterocycles. The van der Waals surface area contributed by atoms with E-state index in [2.05, 4.69) is 15.2 Å². The maximum atomic E-state index is 12.2. The zero-order valence-electron chi connectivity index (χ0n) is 13.8. The predicted octanol–water partition coefficient (Wildman–Crippen LogP) is 1.43. The van der Waals surface area contributed by atoms with Crippen LogP contribution in [-0.2, 0) is 9.59 Å². The number of carbonyl (C=O) groups excluding carboxylic acids is 2. The molecule has 0 radical (unpaired) electrons. The molecule has 1 aliphatic heterocycles. The number of unbranched alkanes of at least 4 members (excludes halogenated alkanes) is 2. The number of nitrogens with one attached hydrogen (secondary N) is 1. The topological polar surface area (TPSA) is 65.5 Å². The third kappa shape index (κ3) is 5.54. The van der Waals surface area contributed by atoms with E-state index in [1.807, 2.05) is 23.1 Å². The highest BCUT2D eigenvalue weighted by atomic mass is 16.2. The van der Waals surface area contributed by atoms with E-state index in [9.17, 15) is 9.59 Å². The van der Waals surface area contributed by atoms with Crippen LogP contribution in [0.15, 0.2) is 24.4 Å². The lowest BCUT2D eigenvalue weighted by molar-refractivity contribution is -0.131. The highest BCUT2D eigenvalue weighted by Crippen LogP contribution is 2.14. The number of hydrogen-bond acceptors (Lipinski definition) is 4. The second-order valence-electron chi connectivity index (χ2n) is 5.79. The van der Waals surface area contributed by atoms with Crippen molar-refractivity contribution >= 4 is 17.6 Å². The minimum atomic E-state index is 0.0713. The number of pyridine rings is 1. The van der Waals surface area contributed by atoms with Gasteiger partial charge < -0.3 is 15.1 Å². The fourth-order valence-electron chi connectivity index (χ4n) is 2.75. The first-order valence-corrected chi connectivity index (χ1v) is 8.35. The number of rotatable bonds is 7. The van der Waals surface area contributed by atoms with Crippen LogP contribution in [0.4, 0.5) is 5.82 Å². The number of piperazine rings is 1. The number of anilines is 1. The first-order valence-electron chi connectivity index (χ1n) is 8.35. The zero-order valence-corrected chi connectivity index (χ0v) is 13.8. The van der Waals surface area contributed by atoms with E-state index in [1.165, 1.54) is 0 Å². The summed E-state index contributed by atoms with van der Waals surface area (Å²) in [5.41, 5.74) is 0. The molecule has 1 N–H and O–H groups in total. The Bertz CT molecular complexity index is 499. The minimum Gasteiger partial charge on any atom is -0.359 e. The van der Waals surface area contributed by atoms with Gasteiger partial charge in [-0.15, -0.1) is 0 Å². The molecule has 2 rings (SSSR count). The summed E-state index contributed by atoms with van der Waals surface area (Å²) < 4.78 is 0. The van der Waals surface area contributed by atoms with Crippen LogP contribution >= 0.6 is 0 Å². The van der Waals surface area contributed by atoms with E-state index >= 15 is 0 Å². The van der Waals surface area contributed by atoms with Gasteiger partial charge in [-0.25, -0.2) is 4.98 Å². The lowest BCUT2D eigenvalue weighted by Gasteiger charge is -2.35. The lowest BCUT2D eigenvalue weighted by Crippen LogP contribution is -2.49. The molecule has 2 heterocycles. The second-order valence-corrected chi connectivity index (χ2v) is 5.79. The quantitative estimate of drug-likeness (QED) is 0.772. The number of hydrogen-bond donors (Lipinski definition) is 1. The van der Waals surface area contributed by atoms with Crippen LogP contribution in [-0.4, -0.2) is 54.9 Å². The molecule has 2 amide bonds. The number of aromatic nitrogens is 1. The third-order valence-corrected chi connectivity index (χ3v) is 4.18. The average Bonchev–Trinajstić information content (AvgIpc) is 2.62. The number of carbonyl (C=O) groups is 2. The van der Waals surface area contributed by atoms with Gasteiger partial charge >= 0.3 is 0 Å². The second kappa shape index (κ2) is 9.12. The molecule has 0 atom stereocenters. The van der Waals surface area contributed by atoms with Crippen molar-refractivity contribution in [3.63, 3.8) is 0 Å². The van der Waals surface area contributed by atoms with Crippen LogP contribution in [0.3, 0.4) is 0 Å². The van der Waals surface area contributed by atoms with E-state index in [1.54, 1.807) is 13.2 Å². The first kappa shape index (κ1) is 17.2. The van der Waals surface area contributed by atoms with Gasteiger partial charge in [0.1, 0.15) is 5.82 Å². The van der Waals surface area contributed by atoms with Crippen molar-refractivity contribution < 1.29 is 9.59 Å². The lowest BCUT2D eigenvalue weighted by atomic mass is 10.1. The van der Waals surface area contributed by atoms with E-state index in [4.69, 9.17) is 0 Å². The molecule has 0 aromatic carbocycles. The predicted molar refractivity (Wildman–Crippen MR) is 90.2 cm³/mol. The Hall–Kier alpha value is -2.11. The highest BCUT2D eigenvalue weighted by Gasteiger charge is 2.21. The molecule has 1 aromatic rings. The first-order chi connectivity index (χ1) is 11.2. The van der Waals surface area contributed by atoms with Crippen molar-refractivity contribution in [2.45, 2.75) is 32.1 Å². The molecular formula is C17H26N4O2. The third-order valence-electron chi connectivity index (χ3n) is 4.18. The van der Waals surface area contributed by atoms with Crippen LogP contribution in [0, 0.1) is 0 Å². The smallest absolute Gasteiger partial charge is 0.222 e. The summed E-state index contributed by atoms with van der Waals surface area (Å²) in [5, 5.41) is 2.61. The fourth-order valence-corrected chi connectivity index (χ4v) is 2.75. The standard InChI is InChI=1S/C17H26N4O2/c1-18-16(22)8-3-2-4-9-17(23)21-13-11-20(12-14-21)15-7-5-6-10-19-15/h5-7,10H,2-4,8-9,11-14H2,1H3,(H,18,22). The summed E-state index contributed by atoms with van der Waals surface area (Å²) in [6.45, 7) is 3.18. The summed E-state index contributed by atoms with van der Waals surface area (Å²) in [4.78, 5) is 31.8. The van der Waals surface area contributed by atoms with Crippen molar-refractivity contribution in [3.05, 3.63) is 24.4 Å². The Morgan fingerprint density at radius 1 is 1.09 bits per heavy atom. The molecule has 1 fully saturated rings. The van der Waals surface area contributed by atoms with E-state index in [0.29, 0.717) is 12.8 Å². The Morgan fingerprint density at radius 2 is 1.83 bits per heavy atom. The van der Waals surface area contributed by atoms with Crippen molar-refractivity contribution in [2.75, 3.05) is 38.1 Å². The minimum absolute atomic E-state index is 0.0713. The molecule has 0 unspecified atom stereocenters. The van der Waals surface area contributed by atoms with Gasteiger partial charge in [-0.3, -0.25) is 9.59 Å². The maximum Gasteiger partial charge on any atom is 0.222 e. The monoisotopic (exact) mass is 318 g/mol. The number of amides is 2. The van der Waals surface area contributed by atoms with Gasteiger partial charge in [-0.05, 0) is 25.0 Å². The number of nitrogens with zero attached hydrogens (tertiary/aromatic N) is 3. The fraction of sp³-hybridized carbons (Fsp3) is 0.588. The summed E-state index contributed by atoms with van der Waals surface area (Å²) in [7, 11) is 1.65. The van der Waals surface area contributed by atoms with Crippen molar-refractivity contribution in [1.29, 1.82) is 0 Å². The van der Waals surface area contributed by atoms with Gasteiger partial charge in [-0.1, -0.05) is 12.5 Å². The van der Waals surface area contributed by atoms with Gasteiger partial charge in [0.15, 0.2) is 0 Å². The molecule has 1 saturated heterocycles. The van der Waals surface area contributed by atoms with Crippen molar-refractivity contribution in [2.24, 2.45) is 0 Å². The Balaban J connectivity index is 1.63. The molecule has 0 bridgehead atoms. The van der Waals surface area contributed by atoms with E-state index < -0.39 is 0 Å². The normalized spacial score (nSPS) is 14.7. The van der Waals surface area contributed by atoms with Crippen LogP contribution in [0.5, 0.6) is 0 Å². The molecular weight excluding hydrogens is 292 g/mol. The van der Waals surface area contributed by atoms with Gasteiger partial charge in [0.05, 0.1) is 0 Å². The Labute approximate surface area is 137 Å². The van der Waals surface area contributed by atoms with Gasteiger partial charge in [0.2, 0.25) is 11.8 Å². The Morgan fingerprint density at radius 3 is 2.48 bits per heavy atom. The molecule has 0 saturated carbocycles. The SMILES string of the molecule is CNC(=O)CCCCCC(=O)N1CCN(c2ccccn2)CC1. The molecule has 0 spiro atoms. The van der Waals surface area contributed by atoms with Crippen molar-refractivity contribution in [3.8, 4) is 0 Å². The van der Waals surface area contributed by atoms with Crippen LogP contribution in [0.25, 0.3) is 0 Å². The van der Waals surface area contributed by atoms with Gasteiger partial charge in [-0.2, -0.15) is 0 Å². The summed E-state index contributed by atoms with van der Waals surface area (Å²) >= 11 is 0. The summed E-state index contributed by atoms with van der Waals surface area (Å²) in [6.07, 6.45) is 5.56. The van der Waals surface area contributed by atoms with E-state index in [-0.39, 0.29) is 11.8 Å². The highest BCUT2D eigenvalue weighted by molar-refractivity contribution is 5.76.